The van der Waals surface area contributed by atoms with Gasteiger partial charge in [-0.2, -0.15) is 5.10 Å². The van der Waals surface area contributed by atoms with E-state index in [1.54, 1.807) is 24.7 Å². The number of carboxylic acid groups (broad SMARTS) is 1. The van der Waals surface area contributed by atoms with Crippen molar-refractivity contribution in [3.05, 3.63) is 17.5 Å². The van der Waals surface area contributed by atoms with Crippen LogP contribution in [0.5, 0.6) is 0 Å². The molecule has 0 saturated carbocycles. The lowest BCUT2D eigenvalue weighted by atomic mass is 10.0. The normalized spacial score (nSPS) is 12.2. The van der Waals surface area contributed by atoms with Gasteiger partial charge in [-0.15, -0.1) is 0 Å². The van der Waals surface area contributed by atoms with Gasteiger partial charge in [0.25, 0.3) is 0 Å². The van der Waals surface area contributed by atoms with E-state index in [4.69, 9.17) is 9.84 Å². The fraction of sp³-hybridized carbons (Fsp3) is 0.545. The second-order valence-corrected chi connectivity index (χ2v) is 3.75. The molecule has 6 heteroatoms. The number of aromatic nitrogens is 2. The summed E-state index contributed by atoms with van der Waals surface area (Å²) >= 11 is 0. The maximum absolute atomic E-state index is 11.5. The molecule has 1 atom stereocenters. The van der Waals surface area contributed by atoms with Gasteiger partial charge in [-0.1, -0.05) is 0 Å². The molecular formula is C11H16N2O4. The van der Waals surface area contributed by atoms with E-state index in [0.717, 1.165) is 5.69 Å². The summed E-state index contributed by atoms with van der Waals surface area (Å²) in [5.74, 6) is -3.06. The van der Waals surface area contributed by atoms with Gasteiger partial charge in [0.05, 0.1) is 12.3 Å². The van der Waals surface area contributed by atoms with Gasteiger partial charge in [-0.25, -0.2) is 0 Å². The Hall–Kier alpha value is -1.85. The van der Waals surface area contributed by atoms with E-state index in [1.165, 1.54) is 0 Å². The lowest BCUT2D eigenvalue weighted by molar-refractivity contribution is -0.158. The van der Waals surface area contributed by atoms with E-state index >= 15 is 0 Å². The number of carboxylic acids is 1. The minimum atomic E-state index is -1.18. The van der Waals surface area contributed by atoms with Crippen molar-refractivity contribution in [1.82, 2.24) is 9.78 Å². The van der Waals surface area contributed by atoms with Crippen LogP contribution >= 0.6 is 0 Å². The third kappa shape index (κ3) is 3.30. The van der Waals surface area contributed by atoms with Crippen molar-refractivity contribution < 1.29 is 19.4 Å². The summed E-state index contributed by atoms with van der Waals surface area (Å²) in [6, 6.07) is 1.76. The molecule has 0 radical (unpaired) electrons. The maximum Gasteiger partial charge on any atom is 0.320 e. The molecule has 0 aromatic carbocycles. The molecular weight excluding hydrogens is 224 g/mol. The molecule has 1 rings (SSSR count). The Morgan fingerprint density at radius 2 is 2.24 bits per heavy atom. The SMILES string of the molecule is CCOC(=O)C(Cc1cc(C)nn1C)C(=O)O. The lowest BCUT2D eigenvalue weighted by Crippen LogP contribution is -2.28. The largest absolute Gasteiger partial charge is 0.481 e. The van der Waals surface area contributed by atoms with Crippen molar-refractivity contribution in [3.8, 4) is 0 Å². The molecule has 0 spiro atoms. The summed E-state index contributed by atoms with van der Waals surface area (Å²) in [5.41, 5.74) is 1.48. The first-order valence-corrected chi connectivity index (χ1v) is 5.34. The quantitative estimate of drug-likeness (QED) is 0.600. The molecule has 6 nitrogen and oxygen atoms in total. The van der Waals surface area contributed by atoms with Crippen LogP contribution in [-0.2, 0) is 27.8 Å². The summed E-state index contributed by atoms with van der Waals surface area (Å²) in [7, 11) is 1.71. The minimum Gasteiger partial charge on any atom is -0.481 e. The molecule has 0 bridgehead atoms. The molecule has 0 amide bonds. The molecule has 0 fully saturated rings. The van der Waals surface area contributed by atoms with Gasteiger partial charge in [-0.05, 0) is 19.9 Å². The molecule has 0 aliphatic carbocycles. The molecule has 1 N–H and O–H groups in total. The van der Waals surface area contributed by atoms with Crippen LogP contribution < -0.4 is 0 Å². The number of hydrogen-bond acceptors (Lipinski definition) is 4. The van der Waals surface area contributed by atoms with Crippen LogP contribution in [0.2, 0.25) is 0 Å². The van der Waals surface area contributed by atoms with E-state index in [1.807, 2.05) is 6.92 Å². The number of rotatable bonds is 5. The van der Waals surface area contributed by atoms with Gasteiger partial charge < -0.3 is 9.84 Å². The van der Waals surface area contributed by atoms with Crippen LogP contribution in [0.4, 0.5) is 0 Å². The highest BCUT2D eigenvalue weighted by atomic mass is 16.5. The average Bonchev–Trinajstić information content (AvgIpc) is 2.53. The lowest BCUT2D eigenvalue weighted by Gasteiger charge is -2.10. The summed E-state index contributed by atoms with van der Waals surface area (Å²) in [6.07, 6.45) is 0.0888. The van der Waals surface area contributed by atoms with Crippen molar-refractivity contribution in [3.63, 3.8) is 0 Å². The molecule has 17 heavy (non-hydrogen) atoms. The predicted octanol–water partition coefficient (Wildman–Crippen LogP) is 0.535. The molecule has 1 aromatic heterocycles. The third-order valence-corrected chi connectivity index (χ3v) is 2.38. The fourth-order valence-electron chi connectivity index (χ4n) is 1.58. The summed E-state index contributed by atoms with van der Waals surface area (Å²) in [5, 5.41) is 13.1. The van der Waals surface area contributed by atoms with Gasteiger partial charge in [0.1, 0.15) is 0 Å². The van der Waals surface area contributed by atoms with E-state index < -0.39 is 17.9 Å². The standard InChI is InChI=1S/C11H16N2O4/c1-4-17-11(16)9(10(14)15)6-8-5-7(2)12-13(8)3/h5,9H,4,6H2,1-3H3,(H,14,15). The first-order chi connectivity index (χ1) is 7.95. The number of carbonyl (C=O) groups is 2. The van der Waals surface area contributed by atoms with Crippen LogP contribution in [-0.4, -0.2) is 33.4 Å². The number of aryl methyl sites for hydroxylation is 2. The average molecular weight is 240 g/mol. The number of carbonyl (C=O) groups excluding carboxylic acids is 1. The number of hydrogen-bond donors (Lipinski definition) is 1. The first-order valence-electron chi connectivity index (χ1n) is 5.34. The molecule has 1 unspecified atom stereocenters. The van der Waals surface area contributed by atoms with Crippen molar-refractivity contribution in [1.29, 1.82) is 0 Å². The Balaban J connectivity index is 2.84. The second-order valence-electron chi connectivity index (χ2n) is 3.75. The molecule has 1 aromatic rings. The summed E-state index contributed by atoms with van der Waals surface area (Å²) in [6.45, 7) is 3.63. The van der Waals surface area contributed by atoms with Gasteiger partial charge in [0.2, 0.25) is 0 Å². The molecule has 1 heterocycles. The van der Waals surface area contributed by atoms with E-state index in [0.29, 0.717) is 5.69 Å². The van der Waals surface area contributed by atoms with Crippen molar-refractivity contribution in [2.75, 3.05) is 6.61 Å². The smallest absolute Gasteiger partial charge is 0.320 e. The Kier molecular flexibility index (Phi) is 4.25. The summed E-state index contributed by atoms with van der Waals surface area (Å²) in [4.78, 5) is 22.5. The van der Waals surface area contributed by atoms with Crippen LogP contribution in [0.1, 0.15) is 18.3 Å². The Labute approximate surface area is 99.2 Å². The van der Waals surface area contributed by atoms with Crippen LogP contribution in [0.3, 0.4) is 0 Å². The maximum atomic E-state index is 11.5. The minimum absolute atomic E-state index is 0.0888. The van der Waals surface area contributed by atoms with Crippen LogP contribution in [0.15, 0.2) is 6.07 Å². The Morgan fingerprint density at radius 1 is 1.59 bits per heavy atom. The number of aliphatic carboxylic acids is 1. The zero-order valence-electron chi connectivity index (χ0n) is 10.1. The van der Waals surface area contributed by atoms with Gasteiger partial charge in [-0.3, -0.25) is 14.3 Å². The van der Waals surface area contributed by atoms with Crippen molar-refractivity contribution >= 4 is 11.9 Å². The molecule has 0 saturated heterocycles. The van der Waals surface area contributed by atoms with Gasteiger partial charge in [0, 0.05) is 19.2 Å². The highest BCUT2D eigenvalue weighted by molar-refractivity contribution is 5.94. The van der Waals surface area contributed by atoms with E-state index in [-0.39, 0.29) is 13.0 Å². The van der Waals surface area contributed by atoms with E-state index in [9.17, 15) is 9.59 Å². The predicted molar refractivity (Wildman–Crippen MR) is 59.4 cm³/mol. The third-order valence-electron chi connectivity index (χ3n) is 2.38. The number of ether oxygens (including phenoxy) is 1. The highest BCUT2D eigenvalue weighted by Crippen LogP contribution is 2.12. The van der Waals surface area contributed by atoms with Crippen molar-refractivity contribution in [2.24, 2.45) is 13.0 Å². The van der Waals surface area contributed by atoms with Crippen LogP contribution in [0.25, 0.3) is 0 Å². The van der Waals surface area contributed by atoms with Crippen molar-refractivity contribution in [2.45, 2.75) is 20.3 Å². The highest BCUT2D eigenvalue weighted by Gasteiger charge is 2.29. The molecule has 94 valence electrons. The zero-order chi connectivity index (χ0) is 13.0. The molecule has 0 aliphatic rings. The second kappa shape index (κ2) is 5.47. The van der Waals surface area contributed by atoms with E-state index in [2.05, 4.69) is 5.10 Å². The fourth-order valence-corrected chi connectivity index (χ4v) is 1.58. The monoisotopic (exact) mass is 240 g/mol. The Morgan fingerprint density at radius 3 is 2.65 bits per heavy atom. The number of esters is 1. The van der Waals surface area contributed by atoms with Gasteiger partial charge in [0.15, 0.2) is 5.92 Å². The topological polar surface area (TPSA) is 81.4 Å². The zero-order valence-corrected chi connectivity index (χ0v) is 10.1. The number of nitrogens with zero attached hydrogens (tertiary/aromatic N) is 2. The summed E-state index contributed by atoms with van der Waals surface area (Å²) < 4.78 is 6.31. The Bertz CT molecular complexity index is 425. The van der Waals surface area contributed by atoms with Gasteiger partial charge >= 0.3 is 11.9 Å². The van der Waals surface area contributed by atoms with Crippen LogP contribution in [0, 0.1) is 12.8 Å². The first kappa shape index (κ1) is 13.2. The molecule has 0 aliphatic heterocycles.